The van der Waals surface area contributed by atoms with E-state index in [1.165, 1.54) is 11.3 Å². The van der Waals surface area contributed by atoms with Gasteiger partial charge in [-0.1, -0.05) is 11.3 Å². The van der Waals surface area contributed by atoms with Gasteiger partial charge in [-0.25, -0.2) is 19.3 Å². The van der Waals surface area contributed by atoms with Crippen LogP contribution in [0.5, 0.6) is 0 Å². The van der Waals surface area contributed by atoms with Crippen LogP contribution in [-0.2, 0) is 11.2 Å². The molecule has 1 aliphatic heterocycles. The highest BCUT2D eigenvalue weighted by Gasteiger charge is 2.39. The summed E-state index contributed by atoms with van der Waals surface area (Å²) in [5, 5.41) is 5.54. The summed E-state index contributed by atoms with van der Waals surface area (Å²) in [5.41, 5.74) is 1.36. The summed E-state index contributed by atoms with van der Waals surface area (Å²) in [7, 11) is 0. The first-order valence-electron chi connectivity index (χ1n) is 8.19. The Morgan fingerprint density at radius 2 is 2.15 bits per heavy atom. The molecule has 138 valence electrons. The number of carbonyl (C=O) groups is 1. The molecule has 4 heterocycles. The predicted octanol–water partition coefficient (Wildman–Crippen LogP) is 4.20. The summed E-state index contributed by atoms with van der Waals surface area (Å²) < 4.78 is 8.30. The number of amides is 1. The minimum atomic E-state index is -0.555. The van der Waals surface area contributed by atoms with E-state index < -0.39 is 5.60 Å². The highest BCUT2D eigenvalue weighted by atomic mass is 79.9. The molecule has 0 radical (unpaired) electrons. The summed E-state index contributed by atoms with van der Waals surface area (Å²) >= 11 is 6.48. The van der Waals surface area contributed by atoms with Crippen molar-refractivity contribution >= 4 is 49.7 Å². The van der Waals surface area contributed by atoms with Gasteiger partial charge in [0, 0.05) is 19.2 Å². The molecule has 0 fully saturated rings. The van der Waals surface area contributed by atoms with Crippen molar-refractivity contribution in [1.29, 1.82) is 0 Å². The molecule has 26 heavy (non-hydrogen) atoms. The molecule has 0 spiro atoms. The van der Waals surface area contributed by atoms with Crippen molar-refractivity contribution in [2.24, 2.45) is 0 Å². The fourth-order valence-electron chi connectivity index (χ4n) is 3.06. The average Bonchev–Trinajstić information content (AvgIpc) is 3.18. The molecule has 1 aliphatic rings. The van der Waals surface area contributed by atoms with Crippen molar-refractivity contribution < 1.29 is 9.53 Å². The molecule has 0 N–H and O–H groups in total. The van der Waals surface area contributed by atoms with Crippen LogP contribution < -0.4 is 0 Å². The molecule has 4 rings (SSSR count). The molecule has 7 nitrogen and oxygen atoms in total. The predicted molar refractivity (Wildman–Crippen MR) is 104 cm³/mol. The molecular formula is C16H18BrN5O2S2. The molecule has 10 heteroatoms. The van der Waals surface area contributed by atoms with Crippen molar-refractivity contribution in [2.75, 3.05) is 6.54 Å². The fraction of sp³-hybridized carbons (Fsp3) is 0.500. The van der Waals surface area contributed by atoms with Gasteiger partial charge in [0.2, 0.25) is 4.96 Å². The molecule has 1 amide bonds. The number of halogens is 1. The van der Waals surface area contributed by atoms with Crippen LogP contribution in [0.1, 0.15) is 48.1 Å². The van der Waals surface area contributed by atoms with E-state index in [1.807, 2.05) is 32.2 Å². The van der Waals surface area contributed by atoms with E-state index in [0.29, 0.717) is 13.0 Å². The Kier molecular flexibility index (Phi) is 4.31. The standard InChI is InChI=1S/C16H18BrN5O2S2/c1-8-20-22-11-9(19-14(22)25-8)5-6-21(15(23)24-16(2,3)4)12(11)10-7-18-13(17)26-10/h7,12H,5-6H2,1-4H3. The van der Waals surface area contributed by atoms with Crippen LogP contribution in [0.3, 0.4) is 0 Å². The molecule has 0 saturated heterocycles. The van der Waals surface area contributed by atoms with Gasteiger partial charge in [-0.15, -0.1) is 11.3 Å². The van der Waals surface area contributed by atoms with Gasteiger partial charge in [-0.05, 0) is 43.6 Å². The van der Waals surface area contributed by atoms with Crippen molar-refractivity contribution in [2.45, 2.75) is 45.8 Å². The molecule has 0 aliphatic carbocycles. The van der Waals surface area contributed by atoms with Crippen LogP contribution in [0.2, 0.25) is 0 Å². The highest BCUT2D eigenvalue weighted by Crippen LogP contribution is 2.40. The zero-order valence-electron chi connectivity index (χ0n) is 14.8. The van der Waals surface area contributed by atoms with Crippen molar-refractivity contribution in [3.63, 3.8) is 0 Å². The lowest BCUT2D eigenvalue weighted by molar-refractivity contribution is 0.0175. The zero-order chi connectivity index (χ0) is 18.6. The number of aryl methyl sites for hydroxylation is 1. The number of aromatic nitrogens is 4. The monoisotopic (exact) mass is 455 g/mol. The maximum absolute atomic E-state index is 12.9. The Morgan fingerprint density at radius 3 is 2.81 bits per heavy atom. The van der Waals surface area contributed by atoms with Crippen LogP contribution in [0, 0.1) is 6.92 Å². The smallest absolute Gasteiger partial charge is 0.411 e. The molecule has 1 unspecified atom stereocenters. The Hall–Kier alpha value is -1.52. The normalized spacial score (nSPS) is 17.6. The van der Waals surface area contributed by atoms with Gasteiger partial charge in [0.25, 0.3) is 0 Å². The molecule has 0 saturated carbocycles. The minimum Gasteiger partial charge on any atom is -0.444 e. The van der Waals surface area contributed by atoms with E-state index in [0.717, 1.165) is 30.2 Å². The largest absolute Gasteiger partial charge is 0.444 e. The molecule has 1 atom stereocenters. The van der Waals surface area contributed by atoms with Crippen molar-refractivity contribution in [3.05, 3.63) is 31.4 Å². The van der Waals surface area contributed by atoms with Crippen molar-refractivity contribution in [3.8, 4) is 0 Å². The third kappa shape index (κ3) is 3.14. The summed E-state index contributed by atoms with van der Waals surface area (Å²) in [5.74, 6) is 0. The number of carbonyl (C=O) groups excluding carboxylic acids is 1. The van der Waals surface area contributed by atoms with Gasteiger partial charge in [0.05, 0.1) is 16.3 Å². The third-order valence-electron chi connectivity index (χ3n) is 3.97. The number of rotatable bonds is 1. The van der Waals surface area contributed by atoms with Crippen LogP contribution in [0.4, 0.5) is 4.79 Å². The van der Waals surface area contributed by atoms with Gasteiger partial charge in [0.15, 0.2) is 3.92 Å². The van der Waals surface area contributed by atoms with E-state index in [-0.39, 0.29) is 12.1 Å². The second-order valence-corrected chi connectivity index (χ2v) is 10.6. The number of hydrogen-bond acceptors (Lipinski definition) is 7. The first-order valence-corrected chi connectivity index (χ1v) is 10.6. The Bertz CT molecular complexity index is 987. The summed E-state index contributed by atoms with van der Waals surface area (Å²) in [6.45, 7) is 8.13. The lowest BCUT2D eigenvalue weighted by Gasteiger charge is -2.35. The second kappa shape index (κ2) is 6.28. The highest BCUT2D eigenvalue weighted by molar-refractivity contribution is 9.11. The Morgan fingerprint density at radius 1 is 1.38 bits per heavy atom. The summed E-state index contributed by atoms with van der Waals surface area (Å²) in [4.78, 5) is 25.5. The first kappa shape index (κ1) is 17.9. The lowest BCUT2D eigenvalue weighted by atomic mass is 10.0. The topological polar surface area (TPSA) is 72.6 Å². The van der Waals surface area contributed by atoms with Crippen molar-refractivity contribution in [1.82, 2.24) is 24.5 Å². The fourth-order valence-corrected chi connectivity index (χ4v) is 5.25. The maximum atomic E-state index is 12.9. The van der Waals surface area contributed by atoms with E-state index in [2.05, 4.69) is 26.0 Å². The van der Waals surface area contributed by atoms with Gasteiger partial charge in [0.1, 0.15) is 16.7 Å². The van der Waals surface area contributed by atoms with Gasteiger partial charge >= 0.3 is 6.09 Å². The quantitative estimate of drug-likeness (QED) is 0.549. The molecular weight excluding hydrogens is 438 g/mol. The molecule has 0 bridgehead atoms. The van der Waals surface area contributed by atoms with Crippen LogP contribution in [0.15, 0.2) is 10.1 Å². The van der Waals surface area contributed by atoms with E-state index in [4.69, 9.17) is 9.72 Å². The SMILES string of the molecule is Cc1nn2c3c(nc2s1)CCN(C(=O)OC(C)(C)C)C3c1cnc(Br)s1. The van der Waals surface area contributed by atoms with Gasteiger partial charge < -0.3 is 4.74 Å². The molecule has 0 aromatic carbocycles. The van der Waals surface area contributed by atoms with E-state index in [1.54, 1.807) is 22.4 Å². The average molecular weight is 456 g/mol. The number of imidazole rings is 1. The summed E-state index contributed by atoms with van der Waals surface area (Å²) in [6, 6.07) is -0.311. The first-order chi connectivity index (χ1) is 12.2. The van der Waals surface area contributed by atoms with Gasteiger partial charge in [-0.2, -0.15) is 5.10 Å². The number of nitrogens with zero attached hydrogens (tertiary/aromatic N) is 5. The van der Waals surface area contributed by atoms with Crippen LogP contribution >= 0.6 is 38.6 Å². The molecule has 3 aromatic rings. The van der Waals surface area contributed by atoms with E-state index in [9.17, 15) is 4.79 Å². The number of ether oxygens (including phenoxy) is 1. The zero-order valence-corrected chi connectivity index (χ0v) is 18.0. The number of hydrogen-bond donors (Lipinski definition) is 0. The van der Waals surface area contributed by atoms with Gasteiger partial charge in [-0.3, -0.25) is 4.90 Å². The third-order valence-corrected chi connectivity index (χ3v) is 6.32. The molecule has 3 aromatic heterocycles. The lowest BCUT2D eigenvalue weighted by Crippen LogP contribution is -2.43. The maximum Gasteiger partial charge on any atom is 0.411 e. The van der Waals surface area contributed by atoms with E-state index >= 15 is 0 Å². The number of thiazole rings is 1. The van der Waals surface area contributed by atoms with Crippen LogP contribution in [0.25, 0.3) is 4.96 Å². The Labute approximate surface area is 167 Å². The second-order valence-electron chi connectivity index (χ2n) is 7.10. The minimum absolute atomic E-state index is 0.311. The Balaban J connectivity index is 1.84. The number of fused-ring (bicyclic) bond motifs is 3. The van der Waals surface area contributed by atoms with Crippen LogP contribution in [-0.4, -0.2) is 42.7 Å². The summed E-state index contributed by atoms with van der Waals surface area (Å²) in [6.07, 6.45) is 2.14.